The van der Waals surface area contributed by atoms with Crippen molar-refractivity contribution >= 4 is 0 Å². The minimum atomic E-state index is -0.525. The number of rotatable bonds is 4. The second kappa shape index (κ2) is 5.07. The Balaban J connectivity index is 3.08. The van der Waals surface area contributed by atoms with E-state index in [0.717, 1.165) is 16.9 Å². The van der Waals surface area contributed by atoms with E-state index in [0.29, 0.717) is 0 Å². The molecule has 0 amide bonds. The van der Waals surface area contributed by atoms with Crippen molar-refractivity contribution in [2.75, 3.05) is 21.2 Å². The molecule has 1 unspecified atom stereocenters. The van der Waals surface area contributed by atoms with Gasteiger partial charge in [-0.25, -0.2) is 0 Å². The molecule has 0 saturated carbocycles. The SMILES string of the molecule is COc1ccc(C(O)C(C)(C)N(C)C)c(C)c1. The van der Waals surface area contributed by atoms with Crippen molar-refractivity contribution in [1.29, 1.82) is 0 Å². The molecule has 0 heterocycles. The Bertz CT molecular complexity index is 386. The van der Waals surface area contributed by atoms with Crippen LogP contribution in [-0.2, 0) is 0 Å². The Morgan fingerprint density at radius 1 is 1.29 bits per heavy atom. The third kappa shape index (κ3) is 2.79. The topological polar surface area (TPSA) is 32.7 Å². The lowest BCUT2D eigenvalue weighted by Gasteiger charge is -2.38. The van der Waals surface area contributed by atoms with Gasteiger partial charge in [0.05, 0.1) is 13.2 Å². The minimum Gasteiger partial charge on any atom is -0.497 e. The van der Waals surface area contributed by atoms with Crippen LogP contribution in [0.3, 0.4) is 0 Å². The van der Waals surface area contributed by atoms with Crippen LogP contribution in [0.1, 0.15) is 31.1 Å². The standard InChI is InChI=1S/C14H23NO2/c1-10-9-11(17-6)7-8-12(10)13(16)14(2,3)15(4)5/h7-9,13,16H,1-6H3. The van der Waals surface area contributed by atoms with Crippen LogP contribution in [0.5, 0.6) is 5.75 Å². The quantitative estimate of drug-likeness (QED) is 0.872. The lowest BCUT2D eigenvalue weighted by Crippen LogP contribution is -2.43. The highest BCUT2D eigenvalue weighted by Gasteiger charge is 2.32. The number of methoxy groups -OCH3 is 1. The van der Waals surface area contributed by atoms with Gasteiger partial charge in [-0.05, 0) is 58.1 Å². The van der Waals surface area contributed by atoms with E-state index in [-0.39, 0.29) is 5.54 Å². The summed E-state index contributed by atoms with van der Waals surface area (Å²) < 4.78 is 5.17. The molecule has 0 spiro atoms. The molecule has 1 rings (SSSR count). The molecule has 0 aliphatic heterocycles. The van der Waals surface area contributed by atoms with Gasteiger partial charge in [0.1, 0.15) is 5.75 Å². The molecule has 0 fully saturated rings. The molecular weight excluding hydrogens is 214 g/mol. The zero-order chi connectivity index (χ0) is 13.2. The van der Waals surface area contributed by atoms with Crippen molar-refractivity contribution in [3.63, 3.8) is 0 Å². The van der Waals surface area contributed by atoms with Crippen LogP contribution in [0.25, 0.3) is 0 Å². The Labute approximate surface area is 104 Å². The molecule has 1 aromatic rings. The number of nitrogens with zero attached hydrogens (tertiary/aromatic N) is 1. The molecule has 0 radical (unpaired) electrons. The minimum absolute atomic E-state index is 0.306. The summed E-state index contributed by atoms with van der Waals surface area (Å²) >= 11 is 0. The summed E-state index contributed by atoms with van der Waals surface area (Å²) in [6, 6.07) is 5.77. The van der Waals surface area contributed by atoms with Gasteiger partial charge < -0.3 is 14.7 Å². The average Bonchev–Trinajstić information content (AvgIpc) is 2.27. The number of hydrogen-bond acceptors (Lipinski definition) is 3. The van der Waals surface area contributed by atoms with E-state index in [2.05, 4.69) is 0 Å². The Kier molecular flexibility index (Phi) is 4.17. The fourth-order valence-corrected chi connectivity index (χ4v) is 1.71. The molecule has 1 atom stereocenters. The lowest BCUT2D eigenvalue weighted by atomic mass is 9.88. The zero-order valence-electron chi connectivity index (χ0n) is 11.6. The molecule has 3 nitrogen and oxygen atoms in total. The number of aliphatic hydroxyl groups is 1. The van der Waals surface area contributed by atoms with Crippen molar-refractivity contribution in [2.45, 2.75) is 32.4 Å². The summed E-state index contributed by atoms with van der Waals surface area (Å²) in [5.74, 6) is 0.820. The average molecular weight is 237 g/mol. The van der Waals surface area contributed by atoms with Crippen LogP contribution in [0.4, 0.5) is 0 Å². The normalized spacial score (nSPS) is 13.9. The predicted octanol–water partition coefficient (Wildman–Crippen LogP) is 2.38. The number of aryl methyl sites for hydroxylation is 1. The van der Waals surface area contributed by atoms with Gasteiger partial charge in [-0.1, -0.05) is 6.07 Å². The van der Waals surface area contributed by atoms with E-state index < -0.39 is 6.10 Å². The molecule has 0 aromatic heterocycles. The first-order valence-corrected chi connectivity index (χ1v) is 5.80. The first-order chi connectivity index (χ1) is 7.80. The lowest BCUT2D eigenvalue weighted by molar-refractivity contribution is 0.0160. The van der Waals surface area contributed by atoms with Crippen molar-refractivity contribution in [3.05, 3.63) is 29.3 Å². The van der Waals surface area contributed by atoms with Gasteiger partial charge in [0.2, 0.25) is 0 Å². The molecule has 17 heavy (non-hydrogen) atoms. The Morgan fingerprint density at radius 3 is 2.29 bits per heavy atom. The summed E-state index contributed by atoms with van der Waals surface area (Å²) in [5.41, 5.74) is 1.69. The fraction of sp³-hybridized carbons (Fsp3) is 0.571. The number of ether oxygens (including phenoxy) is 1. The molecule has 0 saturated heterocycles. The molecule has 3 heteroatoms. The van der Waals surface area contributed by atoms with Gasteiger partial charge in [-0.15, -0.1) is 0 Å². The molecule has 0 bridgehead atoms. The maximum atomic E-state index is 10.5. The van der Waals surface area contributed by atoms with Crippen molar-refractivity contribution in [2.24, 2.45) is 0 Å². The molecule has 0 aliphatic carbocycles. The summed E-state index contributed by atoms with van der Waals surface area (Å²) in [6.07, 6.45) is -0.525. The maximum Gasteiger partial charge on any atom is 0.119 e. The number of benzene rings is 1. The van der Waals surface area contributed by atoms with Gasteiger partial charge in [-0.3, -0.25) is 0 Å². The van der Waals surface area contributed by atoms with Crippen LogP contribution < -0.4 is 4.74 Å². The van der Waals surface area contributed by atoms with Crippen LogP contribution in [-0.4, -0.2) is 36.8 Å². The van der Waals surface area contributed by atoms with E-state index in [1.807, 2.05) is 58.0 Å². The van der Waals surface area contributed by atoms with Crippen molar-refractivity contribution in [1.82, 2.24) is 4.90 Å². The van der Waals surface area contributed by atoms with Crippen molar-refractivity contribution < 1.29 is 9.84 Å². The van der Waals surface area contributed by atoms with Crippen molar-refractivity contribution in [3.8, 4) is 5.75 Å². The van der Waals surface area contributed by atoms with Crippen LogP contribution in [0.15, 0.2) is 18.2 Å². The number of aliphatic hydroxyl groups excluding tert-OH is 1. The Morgan fingerprint density at radius 2 is 1.88 bits per heavy atom. The number of hydrogen-bond donors (Lipinski definition) is 1. The fourth-order valence-electron chi connectivity index (χ4n) is 1.71. The summed E-state index contributed by atoms with van der Waals surface area (Å²) in [4.78, 5) is 2.03. The third-order valence-electron chi connectivity index (χ3n) is 3.59. The molecule has 0 aliphatic rings. The first-order valence-electron chi connectivity index (χ1n) is 5.80. The second-order valence-electron chi connectivity index (χ2n) is 5.17. The maximum absolute atomic E-state index is 10.5. The monoisotopic (exact) mass is 237 g/mol. The Hall–Kier alpha value is -1.06. The highest BCUT2D eigenvalue weighted by molar-refractivity contribution is 5.37. The van der Waals surface area contributed by atoms with Crippen LogP contribution in [0, 0.1) is 6.92 Å². The summed E-state index contributed by atoms with van der Waals surface area (Å²) in [7, 11) is 5.60. The van der Waals surface area contributed by atoms with Crippen LogP contribution >= 0.6 is 0 Å². The van der Waals surface area contributed by atoms with Gasteiger partial charge in [-0.2, -0.15) is 0 Å². The van der Waals surface area contributed by atoms with E-state index in [1.54, 1.807) is 7.11 Å². The predicted molar refractivity (Wildman–Crippen MR) is 70.5 cm³/mol. The smallest absolute Gasteiger partial charge is 0.119 e. The van der Waals surface area contributed by atoms with E-state index in [1.165, 1.54) is 0 Å². The highest BCUT2D eigenvalue weighted by atomic mass is 16.5. The number of likely N-dealkylation sites (N-methyl/N-ethyl adjacent to an activating group) is 1. The molecule has 1 aromatic carbocycles. The van der Waals surface area contributed by atoms with E-state index >= 15 is 0 Å². The van der Waals surface area contributed by atoms with Gasteiger partial charge in [0, 0.05) is 5.54 Å². The molecule has 96 valence electrons. The van der Waals surface area contributed by atoms with E-state index in [9.17, 15) is 5.11 Å². The summed E-state index contributed by atoms with van der Waals surface area (Å²) in [6.45, 7) is 6.05. The third-order valence-corrected chi connectivity index (χ3v) is 3.59. The highest BCUT2D eigenvalue weighted by Crippen LogP contribution is 2.32. The summed E-state index contributed by atoms with van der Waals surface area (Å²) in [5, 5.41) is 10.5. The van der Waals surface area contributed by atoms with Gasteiger partial charge >= 0.3 is 0 Å². The largest absolute Gasteiger partial charge is 0.497 e. The van der Waals surface area contributed by atoms with Crippen LogP contribution in [0.2, 0.25) is 0 Å². The second-order valence-corrected chi connectivity index (χ2v) is 5.17. The zero-order valence-corrected chi connectivity index (χ0v) is 11.6. The first kappa shape index (κ1) is 14.0. The van der Waals surface area contributed by atoms with Gasteiger partial charge in [0.25, 0.3) is 0 Å². The molecule has 1 N–H and O–H groups in total. The molecular formula is C14H23NO2. The van der Waals surface area contributed by atoms with Gasteiger partial charge in [0.15, 0.2) is 0 Å². The van der Waals surface area contributed by atoms with E-state index in [4.69, 9.17) is 4.74 Å².